The standard InChI is InChI=1S/C59H47BN2OS/c1-57(2,3)32-21-24-34(25-22-32)62-45-29-39-36-16-11-14-20-49(36)64-50(39)30-41(45)52-51-37-17-9-12-18-42(37)59(7,8)54(51)53-40-27-33(58(4,5)6)23-26-44(40)61-46-28-38-35-15-10-13-19-47(35)63-48(38)31-43(46)60(62)55(52)56(53)61/h9-31H,1-8H3. The summed E-state index contributed by atoms with van der Waals surface area (Å²) in [5, 5.41) is 7.64. The maximum atomic E-state index is 6.82. The Kier molecular flexibility index (Phi) is 6.89. The zero-order chi connectivity index (χ0) is 43.3. The fourth-order valence-electron chi connectivity index (χ4n) is 12.2. The Hall–Kier alpha value is -6.56. The molecule has 3 aromatic heterocycles. The van der Waals surface area contributed by atoms with Gasteiger partial charge in [0.25, 0.3) is 0 Å². The molecule has 0 bridgehead atoms. The molecular formula is C59H47BN2OS. The van der Waals surface area contributed by atoms with Crippen LogP contribution in [-0.4, -0.2) is 11.4 Å². The van der Waals surface area contributed by atoms with Gasteiger partial charge in [0.2, 0.25) is 0 Å². The highest BCUT2D eigenvalue weighted by molar-refractivity contribution is 7.25. The lowest BCUT2D eigenvalue weighted by Crippen LogP contribution is -2.60. The van der Waals surface area contributed by atoms with E-state index in [1.165, 1.54) is 114 Å². The van der Waals surface area contributed by atoms with Gasteiger partial charge in [-0.25, -0.2) is 0 Å². The number of anilines is 2. The van der Waals surface area contributed by atoms with E-state index in [1.54, 1.807) is 0 Å². The minimum Gasteiger partial charge on any atom is -0.456 e. The molecule has 0 radical (unpaired) electrons. The van der Waals surface area contributed by atoms with Crippen molar-refractivity contribution in [3.05, 3.63) is 162 Å². The van der Waals surface area contributed by atoms with Crippen molar-refractivity contribution in [2.75, 3.05) is 4.81 Å². The molecule has 5 heteroatoms. The van der Waals surface area contributed by atoms with Gasteiger partial charge in [0, 0.05) is 69.8 Å². The number of hydrogen-bond acceptors (Lipinski definition) is 3. The Morgan fingerprint density at radius 1 is 0.562 bits per heavy atom. The number of hydrogen-bond donors (Lipinski definition) is 0. The van der Waals surface area contributed by atoms with Crippen molar-refractivity contribution in [1.29, 1.82) is 0 Å². The molecule has 0 fully saturated rings. The molecule has 3 nitrogen and oxygen atoms in total. The van der Waals surface area contributed by atoms with E-state index in [2.05, 4.69) is 204 Å². The molecule has 3 aliphatic rings. The monoisotopic (exact) mass is 842 g/mol. The third-order valence-electron chi connectivity index (χ3n) is 15.2. The summed E-state index contributed by atoms with van der Waals surface area (Å²) in [6.07, 6.45) is 0. The average molecular weight is 843 g/mol. The van der Waals surface area contributed by atoms with Crippen LogP contribution < -0.4 is 15.7 Å². The molecule has 14 rings (SSSR count). The van der Waals surface area contributed by atoms with Gasteiger partial charge in [0.05, 0.1) is 11.0 Å². The van der Waals surface area contributed by atoms with Crippen molar-refractivity contribution in [1.82, 2.24) is 4.57 Å². The van der Waals surface area contributed by atoms with Crippen molar-refractivity contribution >= 4 is 104 Å². The van der Waals surface area contributed by atoms with Crippen LogP contribution in [-0.2, 0) is 16.2 Å². The van der Waals surface area contributed by atoms with Crippen LogP contribution in [0.15, 0.2) is 144 Å². The van der Waals surface area contributed by atoms with Crippen molar-refractivity contribution in [2.45, 2.75) is 71.6 Å². The molecule has 0 spiro atoms. The highest BCUT2D eigenvalue weighted by Gasteiger charge is 2.50. The predicted octanol–water partition coefficient (Wildman–Crippen LogP) is 15.2. The fraction of sp³-hybridized carbons (Fsp3) is 0.186. The van der Waals surface area contributed by atoms with Crippen molar-refractivity contribution in [3.63, 3.8) is 0 Å². The lowest BCUT2D eigenvalue weighted by Gasteiger charge is -2.43. The summed E-state index contributed by atoms with van der Waals surface area (Å²) in [6.45, 7) is 18.8. The normalized spacial score (nSPS) is 14.9. The zero-order valence-electron chi connectivity index (χ0n) is 37.6. The molecule has 11 aromatic rings. The van der Waals surface area contributed by atoms with Gasteiger partial charge in [-0.05, 0) is 121 Å². The number of fused-ring (bicyclic) bond motifs is 19. The first-order chi connectivity index (χ1) is 30.8. The first kappa shape index (κ1) is 36.9. The Morgan fingerprint density at radius 2 is 1.27 bits per heavy atom. The second-order valence-electron chi connectivity index (χ2n) is 21.3. The number of aromatic nitrogens is 1. The Balaban J connectivity index is 1.24. The lowest BCUT2D eigenvalue weighted by atomic mass is 9.43. The lowest BCUT2D eigenvalue weighted by molar-refractivity contribution is 0.590. The highest BCUT2D eigenvalue weighted by Crippen LogP contribution is 2.60. The number of rotatable bonds is 1. The molecule has 0 amide bonds. The Bertz CT molecular complexity index is 3900. The molecule has 0 saturated carbocycles. The minimum absolute atomic E-state index is 0.0223. The van der Waals surface area contributed by atoms with Crippen LogP contribution in [0, 0.1) is 0 Å². The SMILES string of the molecule is CC(C)(C)c1ccc(N2B3c4cc5oc6ccccc6c5cc4-n4c5ccc(C(C)(C)C)cc5c5c6c(c(c3c54)-c3cc4sc5ccccc5c4cc32)-c2ccccc2C6(C)C)cc1. The smallest absolute Gasteiger partial charge is 0.333 e. The van der Waals surface area contributed by atoms with Crippen molar-refractivity contribution in [3.8, 4) is 27.9 Å². The van der Waals surface area contributed by atoms with Crippen LogP contribution in [0.25, 0.3) is 91.9 Å². The van der Waals surface area contributed by atoms with Gasteiger partial charge in [-0.15, -0.1) is 11.3 Å². The van der Waals surface area contributed by atoms with E-state index in [0.29, 0.717) is 0 Å². The summed E-state index contributed by atoms with van der Waals surface area (Å²) in [4.78, 5) is 2.70. The molecule has 64 heavy (non-hydrogen) atoms. The number of benzene rings is 8. The number of para-hydroxylation sites is 1. The van der Waals surface area contributed by atoms with Gasteiger partial charge >= 0.3 is 6.85 Å². The predicted molar refractivity (Wildman–Crippen MR) is 275 cm³/mol. The molecule has 1 aliphatic carbocycles. The van der Waals surface area contributed by atoms with Crippen molar-refractivity contribution in [2.24, 2.45) is 0 Å². The maximum Gasteiger partial charge on any atom is 0.333 e. The van der Waals surface area contributed by atoms with Crippen LogP contribution in [0.1, 0.15) is 77.6 Å². The Morgan fingerprint density at radius 3 is 2.06 bits per heavy atom. The summed E-state index contributed by atoms with van der Waals surface area (Å²) >= 11 is 1.91. The summed E-state index contributed by atoms with van der Waals surface area (Å²) in [5.74, 6) is 0. The van der Waals surface area contributed by atoms with E-state index in [9.17, 15) is 0 Å². The maximum absolute atomic E-state index is 6.82. The van der Waals surface area contributed by atoms with Crippen molar-refractivity contribution < 1.29 is 4.42 Å². The molecule has 8 aromatic carbocycles. The molecule has 0 N–H and O–H groups in total. The molecule has 2 aliphatic heterocycles. The van der Waals surface area contributed by atoms with Crippen LogP contribution >= 0.6 is 11.3 Å². The summed E-state index contributed by atoms with van der Waals surface area (Å²) in [7, 11) is 0. The average Bonchev–Trinajstić information content (AvgIpc) is 4.00. The van der Waals surface area contributed by atoms with Gasteiger partial charge in [0.15, 0.2) is 0 Å². The number of thiophene rings is 1. The van der Waals surface area contributed by atoms with Crippen LogP contribution in [0.3, 0.4) is 0 Å². The van der Waals surface area contributed by atoms with E-state index >= 15 is 0 Å². The molecule has 0 unspecified atom stereocenters. The zero-order valence-corrected chi connectivity index (χ0v) is 38.4. The summed E-state index contributed by atoms with van der Waals surface area (Å²) in [6, 6.07) is 53.5. The van der Waals surface area contributed by atoms with Crippen LogP contribution in [0.4, 0.5) is 11.4 Å². The second kappa shape index (κ2) is 12.0. The molecule has 0 atom stereocenters. The van der Waals surface area contributed by atoms with Crippen LogP contribution in [0.5, 0.6) is 0 Å². The first-order valence-corrected chi connectivity index (χ1v) is 23.7. The number of furan rings is 1. The summed E-state index contributed by atoms with van der Waals surface area (Å²) in [5.41, 5.74) is 21.4. The summed E-state index contributed by atoms with van der Waals surface area (Å²) < 4.78 is 12.1. The molecule has 0 saturated heterocycles. The van der Waals surface area contributed by atoms with Gasteiger partial charge in [-0.1, -0.05) is 134 Å². The fourth-order valence-corrected chi connectivity index (χ4v) is 13.3. The third kappa shape index (κ3) is 4.58. The van der Waals surface area contributed by atoms with Gasteiger partial charge in [-0.3, -0.25) is 0 Å². The molecular weight excluding hydrogens is 796 g/mol. The van der Waals surface area contributed by atoms with Gasteiger partial charge in [0.1, 0.15) is 11.2 Å². The van der Waals surface area contributed by atoms with Crippen LogP contribution in [0.2, 0.25) is 0 Å². The van der Waals surface area contributed by atoms with E-state index in [0.717, 1.165) is 21.9 Å². The minimum atomic E-state index is -0.250. The van der Waals surface area contributed by atoms with Gasteiger partial charge in [-0.2, -0.15) is 0 Å². The quantitative estimate of drug-likeness (QED) is 0.154. The Labute approximate surface area is 377 Å². The first-order valence-electron chi connectivity index (χ1n) is 22.9. The molecule has 308 valence electrons. The molecule has 5 heterocycles. The van der Waals surface area contributed by atoms with E-state index in [4.69, 9.17) is 4.42 Å². The second-order valence-corrected chi connectivity index (χ2v) is 22.4. The van der Waals surface area contributed by atoms with E-state index in [1.807, 2.05) is 11.3 Å². The highest BCUT2D eigenvalue weighted by atomic mass is 32.1. The van der Waals surface area contributed by atoms with E-state index < -0.39 is 0 Å². The number of nitrogens with zero attached hydrogens (tertiary/aromatic N) is 2. The van der Waals surface area contributed by atoms with E-state index in [-0.39, 0.29) is 23.1 Å². The van der Waals surface area contributed by atoms with Gasteiger partial charge < -0.3 is 13.8 Å². The third-order valence-corrected chi connectivity index (χ3v) is 16.4. The topological polar surface area (TPSA) is 21.3 Å². The largest absolute Gasteiger partial charge is 0.456 e.